The Morgan fingerprint density at radius 3 is 2.70 bits per heavy atom. The summed E-state index contributed by atoms with van der Waals surface area (Å²) < 4.78 is 0. The smallest absolute Gasteiger partial charge is 0.253 e. The fourth-order valence-corrected chi connectivity index (χ4v) is 3.01. The van der Waals surface area contributed by atoms with Gasteiger partial charge in [0, 0.05) is 30.2 Å². The molecule has 1 saturated heterocycles. The third kappa shape index (κ3) is 5.24. The van der Waals surface area contributed by atoms with E-state index in [0.29, 0.717) is 23.7 Å². The van der Waals surface area contributed by atoms with Crippen molar-refractivity contribution < 1.29 is 9.59 Å². The second-order valence-electron chi connectivity index (χ2n) is 6.10. The van der Waals surface area contributed by atoms with Crippen molar-refractivity contribution in [3.8, 4) is 0 Å². The van der Waals surface area contributed by atoms with Crippen LogP contribution in [0.3, 0.4) is 0 Å². The zero-order valence-corrected chi connectivity index (χ0v) is 14.4. The van der Waals surface area contributed by atoms with E-state index in [0.717, 1.165) is 38.6 Å². The van der Waals surface area contributed by atoms with Crippen LogP contribution >= 0.6 is 11.6 Å². The zero-order chi connectivity index (χ0) is 16.7. The number of carbonyl (C=O) groups is 2. The number of carbonyl (C=O) groups excluding carboxylic acids is 2. The zero-order valence-electron chi connectivity index (χ0n) is 13.7. The van der Waals surface area contributed by atoms with Crippen LogP contribution in [0.1, 0.15) is 49.4 Å². The highest BCUT2D eigenvalue weighted by Gasteiger charge is 2.28. The minimum atomic E-state index is -0.0957. The predicted molar refractivity (Wildman–Crippen MR) is 92.6 cm³/mol. The molecule has 1 aliphatic rings. The van der Waals surface area contributed by atoms with Crippen molar-refractivity contribution in [1.82, 2.24) is 10.2 Å². The van der Waals surface area contributed by atoms with E-state index in [4.69, 9.17) is 11.6 Å². The first-order valence-electron chi connectivity index (χ1n) is 8.44. The molecule has 1 heterocycles. The van der Waals surface area contributed by atoms with E-state index < -0.39 is 0 Å². The van der Waals surface area contributed by atoms with Gasteiger partial charge in [0.05, 0.1) is 5.92 Å². The van der Waals surface area contributed by atoms with Crippen LogP contribution in [0.5, 0.6) is 0 Å². The second kappa shape index (κ2) is 8.92. The van der Waals surface area contributed by atoms with Crippen molar-refractivity contribution in [3.63, 3.8) is 0 Å². The number of halogens is 1. The molecule has 0 radical (unpaired) electrons. The van der Waals surface area contributed by atoms with Crippen LogP contribution in [-0.2, 0) is 4.79 Å². The molecule has 126 valence electrons. The molecule has 1 fully saturated rings. The summed E-state index contributed by atoms with van der Waals surface area (Å²) in [7, 11) is 0. The first kappa shape index (κ1) is 17.8. The summed E-state index contributed by atoms with van der Waals surface area (Å²) in [6.07, 6.45) is 5.01. The number of piperidine rings is 1. The first-order valence-corrected chi connectivity index (χ1v) is 8.82. The summed E-state index contributed by atoms with van der Waals surface area (Å²) in [6.45, 7) is 4.08. The summed E-state index contributed by atoms with van der Waals surface area (Å²) in [5.41, 5.74) is 0.624. The van der Waals surface area contributed by atoms with E-state index in [1.165, 1.54) is 0 Å². The Morgan fingerprint density at radius 2 is 2.00 bits per heavy atom. The largest absolute Gasteiger partial charge is 0.356 e. The van der Waals surface area contributed by atoms with Gasteiger partial charge in [-0.3, -0.25) is 9.59 Å². The maximum atomic E-state index is 12.5. The number of unbranched alkanes of at least 4 members (excludes halogenated alkanes) is 2. The fraction of sp³-hybridized carbons (Fsp3) is 0.556. The van der Waals surface area contributed by atoms with Crippen molar-refractivity contribution in [2.45, 2.75) is 39.0 Å². The van der Waals surface area contributed by atoms with Crippen LogP contribution in [0, 0.1) is 5.92 Å². The molecule has 1 atom stereocenters. The van der Waals surface area contributed by atoms with Crippen LogP contribution in [0.2, 0.25) is 5.02 Å². The number of nitrogens with zero attached hydrogens (tertiary/aromatic N) is 1. The lowest BCUT2D eigenvalue weighted by Crippen LogP contribution is -2.45. The predicted octanol–water partition coefficient (Wildman–Crippen LogP) is 3.50. The Hall–Kier alpha value is -1.55. The highest BCUT2D eigenvalue weighted by atomic mass is 35.5. The van der Waals surface area contributed by atoms with E-state index >= 15 is 0 Å². The molecule has 23 heavy (non-hydrogen) atoms. The normalized spacial score (nSPS) is 17.8. The number of benzene rings is 1. The standard InChI is InChI=1S/C18H25ClN2O2/c1-2-3-4-11-20-17(22)15-6-5-12-21(13-15)18(23)14-7-9-16(19)10-8-14/h7-10,15H,2-6,11-13H2,1H3,(H,20,22). The van der Waals surface area contributed by atoms with Crippen molar-refractivity contribution >= 4 is 23.4 Å². The molecule has 1 aromatic rings. The van der Waals surface area contributed by atoms with Gasteiger partial charge in [0.25, 0.3) is 5.91 Å². The summed E-state index contributed by atoms with van der Waals surface area (Å²) in [5, 5.41) is 3.61. The van der Waals surface area contributed by atoms with E-state index in [-0.39, 0.29) is 17.7 Å². The average molecular weight is 337 g/mol. The van der Waals surface area contributed by atoms with Crippen molar-refractivity contribution in [2.75, 3.05) is 19.6 Å². The third-order valence-corrected chi connectivity index (χ3v) is 4.50. The van der Waals surface area contributed by atoms with Gasteiger partial charge in [0.15, 0.2) is 0 Å². The Morgan fingerprint density at radius 1 is 1.26 bits per heavy atom. The van der Waals surface area contributed by atoms with E-state index in [9.17, 15) is 9.59 Å². The molecule has 0 aliphatic carbocycles. The fourth-order valence-electron chi connectivity index (χ4n) is 2.88. The van der Waals surface area contributed by atoms with Crippen LogP contribution in [-0.4, -0.2) is 36.3 Å². The van der Waals surface area contributed by atoms with Crippen LogP contribution in [0.25, 0.3) is 0 Å². The average Bonchev–Trinajstić information content (AvgIpc) is 2.59. The lowest BCUT2D eigenvalue weighted by Gasteiger charge is -2.32. The third-order valence-electron chi connectivity index (χ3n) is 4.25. The maximum absolute atomic E-state index is 12.5. The quantitative estimate of drug-likeness (QED) is 0.808. The van der Waals surface area contributed by atoms with Gasteiger partial charge < -0.3 is 10.2 Å². The van der Waals surface area contributed by atoms with Gasteiger partial charge in [-0.25, -0.2) is 0 Å². The number of hydrogen-bond acceptors (Lipinski definition) is 2. The lowest BCUT2D eigenvalue weighted by atomic mass is 9.96. The number of hydrogen-bond donors (Lipinski definition) is 1. The Balaban J connectivity index is 1.88. The molecule has 5 heteroatoms. The van der Waals surface area contributed by atoms with Crippen molar-refractivity contribution in [3.05, 3.63) is 34.9 Å². The molecule has 1 N–H and O–H groups in total. The lowest BCUT2D eigenvalue weighted by molar-refractivity contribution is -0.126. The molecular formula is C18H25ClN2O2. The topological polar surface area (TPSA) is 49.4 Å². The van der Waals surface area contributed by atoms with Crippen LogP contribution in [0.15, 0.2) is 24.3 Å². The molecule has 0 spiro atoms. The molecule has 4 nitrogen and oxygen atoms in total. The van der Waals surface area contributed by atoms with Gasteiger partial charge in [-0.05, 0) is 43.5 Å². The number of likely N-dealkylation sites (tertiary alicyclic amines) is 1. The Labute approximate surface area is 143 Å². The first-order chi connectivity index (χ1) is 11.1. The molecule has 1 unspecified atom stereocenters. The summed E-state index contributed by atoms with van der Waals surface area (Å²) >= 11 is 5.86. The van der Waals surface area contributed by atoms with Crippen LogP contribution in [0.4, 0.5) is 0 Å². The number of amides is 2. The van der Waals surface area contributed by atoms with Crippen molar-refractivity contribution in [1.29, 1.82) is 0 Å². The Kier molecular flexibility index (Phi) is 6.90. The Bertz CT molecular complexity index is 530. The van der Waals surface area contributed by atoms with Gasteiger partial charge >= 0.3 is 0 Å². The van der Waals surface area contributed by atoms with Gasteiger partial charge in [-0.15, -0.1) is 0 Å². The van der Waals surface area contributed by atoms with E-state index in [1.807, 2.05) is 0 Å². The molecule has 2 rings (SSSR count). The summed E-state index contributed by atoms with van der Waals surface area (Å²) in [5.74, 6) is -0.0403. The number of nitrogens with one attached hydrogen (secondary N) is 1. The highest BCUT2D eigenvalue weighted by Crippen LogP contribution is 2.20. The van der Waals surface area contributed by atoms with Crippen LogP contribution < -0.4 is 5.32 Å². The monoisotopic (exact) mass is 336 g/mol. The van der Waals surface area contributed by atoms with Gasteiger partial charge in [0.1, 0.15) is 0 Å². The molecule has 2 amide bonds. The number of rotatable bonds is 6. The minimum absolute atomic E-state index is 0.0230. The van der Waals surface area contributed by atoms with E-state index in [2.05, 4.69) is 12.2 Å². The summed E-state index contributed by atoms with van der Waals surface area (Å²) in [4.78, 5) is 26.6. The molecule has 1 aromatic carbocycles. The maximum Gasteiger partial charge on any atom is 0.253 e. The second-order valence-corrected chi connectivity index (χ2v) is 6.53. The molecule has 0 bridgehead atoms. The molecule has 0 aromatic heterocycles. The molecule has 1 aliphatic heterocycles. The molecular weight excluding hydrogens is 312 g/mol. The highest BCUT2D eigenvalue weighted by molar-refractivity contribution is 6.30. The minimum Gasteiger partial charge on any atom is -0.356 e. The summed E-state index contributed by atoms with van der Waals surface area (Å²) in [6, 6.07) is 6.91. The van der Waals surface area contributed by atoms with E-state index in [1.54, 1.807) is 29.2 Å². The van der Waals surface area contributed by atoms with Gasteiger partial charge in [-0.2, -0.15) is 0 Å². The SMILES string of the molecule is CCCCCNC(=O)C1CCCN(C(=O)c2ccc(Cl)cc2)C1. The van der Waals surface area contributed by atoms with Crippen molar-refractivity contribution in [2.24, 2.45) is 5.92 Å². The van der Waals surface area contributed by atoms with Gasteiger partial charge in [-0.1, -0.05) is 31.4 Å². The van der Waals surface area contributed by atoms with Gasteiger partial charge in [0.2, 0.25) is 5.91 Å². The molecule has 0 saturated carbocycles.